The summed E-state index contributed by atoms with van der Waals surface area (Å²) in [6, 6.07) is 0. The van der Waals surface area contributed by atoms with Crippen LogP contribution in [0.3, 0.4) is 0 Å². The molecule has 0 saturated carbocycles. The zero-order chi connectivity index (χ0) is 11.9. The highest BCUT2D eigenvalue weighted by molar-refractivity contribution is 7.88. The first-order valence-electron chi connectivity index (χ1n) is 4.44. The number of nitrogens with zero attached hydrogens (tertiary/aromatic N) is 1. The molecule has 0 fully saturated rings. The minimum atomic E-state index is -3.13. The molecule has 0 aromatic heterocycles. The number of rotatable bonds is 6. The van der Waals surface area contributed by atoms with Crippen molar-refractivity contribution in [3.8, 4) is 0 Å². The van der Waals surface area contributed by atoms with E-state index in [4.69, 9.17) is 5.73 Å². The van der Waals surface area contributed by atoms with Gasteiger partial charge >= 0.3 is 0 Å². The van der Waals surface area contributed by atoms with Crippen LogP contribution in [0.1, 0.15) is 6.92 Å². The smallest absolute Gasteiger partial charge is 0.208 e. The maximum absolute atomic E-state index is 10.7. The molecule has 0 saturated heterocycles. The van der Waals surface area contributed by atoms with Crippen LogP contribution in [0.5, 0.6) is 0 Å². The van der Waals surface area contributed by atoms with Gasteiger partial charge in [0.15, 0.2) is 5.96 Å². The molecule has 0 aliphatic carbocycles. The van der Waals surface area contributed by atoms with Gasteiger partial charge < -0.3 is 11.1 Å². The predicted octanol–water partition coefficient (Wildman–Crippen LogP) is -0.984. The van der Waals surface area contributed by atoms with Crippen molar-refractivity contribution in [3.05, 3.63) is 12.2 Å². The Labute approximate surface area is 90.7 Å². The molecule has 0 unspecified atom stereocenters. The van der Waals surface area contributed by atoms with Crippen LogP contribution in [-0.4, -0.2) is 40.3 Å². The fraction of sp³-hybridized carbons (Fsp3) is 0.625. The second kappa shape index (κ2) is 6.41. The molecule has 0 amide bonds. The highest BCUT2D eigenvalue weighted by Crippen LogP contribution is 1.85. The highest BCUT2D eigenvalue weighted by Gasteiger charge is 1.98. The van der Waals surface area contributed by atoms with Gasteiger partial charge in [0, 0.05) is 13.1 Å². The molecule has 88 valence electrons. The average Bonchev–Trinajstić information content (AvgIpc) is 2.07. The average molecular weight is 234 g/mol. The van der Waals surface area contributed by atoms with Crippen molar-refractivity contribution in [2.75, 3.05) is 25.9 Å². The molecule has 7 heteroatoms. The number of guanidine groups is 1. The Morgan fingerprint density at radius 1 is 1.47 bits per heavy atom. The van der Waals surface area contributed by atoms with Crippen LogP contribution in [0, 0.1) is 0 Å². The van der Waals surface area contributed by atoms with Gasteiger partial charge in [0.2, 0.25) is 10.0 Å². The topological polar surface area (TPSA) is 96.6 Å². The number of sulfonamides is 1. The lowest BCUT2D eigenvalue weighted by molar-refractivity contribution is 0.587. The molecule has 0 aromatic carbocycles. The fourth-order valence-corrected chi connectivity index (χ4v) is 1.18. The molecule has 0 aromatic rings. The van der Waals surface area contributed by atoms with E-state index in [2.05, 4.69) is 21.6 Å². The summed E-state index contributed by atoms with van der Waals surface area (Å²) in [5.74, 6) is 0.285. The van der Waals surface area contributed by atoms with Gasteiger partial charge in [-0.3, -0.25) is 0 Å². The van der Waals surface area contributed by atoms with Crippen LogP contribution in [0.2, 0.25) is 0 Å². The lowest BCUT2D eigenvalue weighted by Gasteiger charge is -2.05. The fourth-order valence-electron chi connectivity index (χ4n) is 0.703. The van der Waals surface area contributed by atoms with Crippen molar-refractivity contribution in [1.29, 1.82) is 0 Å². The maximum atomic E-state index is 10.7. The first-order chi connectivity index (χ1) is 6.81. The summed E-state index contributed by atoms with van der Waals surface area (Å²) < 4.78 is 23.7. The van der Waals surface area contributed by atoms with Gasteiger partial charge in [-0.25, -0.2) is 18.1 Å². The summed E-state index contributed by atoms with van der Waals surface area (Å²) in [6.07, 6.45) is 1.10. The van der Waals surface area contributed by atoms with Crippen LogP contribution >= 0.6 is 0 Å². The van der Waals surface area contributed by atoms with E-state index in [9.17, 15) is 8.42 Å². The van der Waals surface area contributed by atoms with E-state index in [1.807, 2.05) is 6.92 Å². The van der Waals surface area contributed by atoms with Crippen molar-refractivity contribution in [1.82, 2.24) is 10.0 Å². The number of nitrogens with one attached hydrogen (secondary N) is 2. The Kier molecular flexibility index (Phi) is 5.95. The summed E-state index contributed by atoms with van der Waals surface area (Å²) in [7, 11) is -3.13. The third-order valence-electron chi connectivity index (χ3n) is 1.31. The Bertz CT molecular complexity index is 335. The van der Waals surface area contributed by atoms with E-state index in [1.165, 1.54) is 0 Å². The number of hydrogen-bond donors (Lipinski definition) is 3. The minimum absolute atomic E-state index is 0.280. The second-order valence-corrected chi connectivity index (χ2v) is 5.08. The van der Waals surface area contributed by atoms with Gasteiger partial charge in [-0.1, -0.05) is 12.2 Å². The van der Waals surface area contributed by atoms with Crippen LogP contribution in [0.25, 0.3) is 0 Å². The molecule has 4 N–H and O–H groups in total. The van der Waals surface area contributed by atoms with Crippen molar-refractivity contribution in [2.45, 2.75) is 6.92 Å². The molecule has 0 atom stereocenters. The third-order valence-corrected chi connectivity index (χ3v) is 2.04. The number of aliphatic imine (C=N–C) groups is 1. The molecule has 0 spiro atoms. The Morgan fingerprint density at radius 2 is 2.07 bits per heavy atom. The minimum Gasteiger partial charge on any atom is -0.370 e. The molecule has 0 radical (unpaired) electrons. The first kappa shape index (κ1) is 13.9. The van der Waals surface area contributed by atoms with Crippen molar-refractivity contribution >= 4 is 16.0 Å². The molecule has 0 aliphatic heterocycles. The van der Waals surface area contributed by atoms with Gasteiger partial charge in [-0.05, 0) is 6.92 Å². The largest absolute Gasteiger partial charge is 0.370 e. The normalized spacial score (nSPS) is 12.5. The monoisotopic (exact) mass is 234 g/mol. The van der Waals surface area contributed by atoms with Crippen molar-refractivity contribution in [2.24, 2.45) is 10.7 Å². The van der Waals surface area contributed by atoms with E-state index < -0.39 is 10.0 Å². The number of hydrogen-bond acceptors (Lipinski definition) is 3. The molecule has 0 heterocycles. The zero-order valence-corrected chi connectivity index (χ0v) is 9.89. The van der Waals surface area contributed by atoms with Crippen LogP contribution in [0.4, 0.5) is 0 Å². The second-order valence-electron chi connectivity index (χ2n) is 3.25. The zero-order valence-electron chi connectivity index (χ0n) is 9.08. The molecule has 0 aliphatic rings. The van der Waals surface area contributed by atoms with E-state index in [0.29, 0.717) is 13.1 Å². The summed E-state index contributed by atoms with van der Waals surface area (Å²) in [5.41, 5.74) is 6.40. The standard InChI is InChI=1S/C8H18N4O2S/c1-7(2)6-11-8(9)10-4-5-12-15(3,13)14/h12H,1,4-6H2,2-3H3,(H3,9,10,11). The quantitative estimate of drug-likeness (QED) is 0.238. The van der Waals surface area contributed by atoms with Gasteiger partial charge in [0.1, 0.15) is 0 Å². The van der Waals surface area contributed by atoms with Gasteiger partial charge in [0.05, 0.1) is 12.8 Å². The molecule has 0 bridgehead atoms. The van der Waals surface area contributed by atoms with Gasteiger partial charge in [0.25, 0.3) is 0 Å². The lowest BCUT2D eigenvalue weighted by Crippen LogP contribution is -2.38. The third kappa shape index (κ3) is 10.8. The van der Waals surface area contributed by atoms with E-state index >= 15 is 0 Å². The molecule has 15 heavy (non-hydrogen) atoms. The Balaban J connectivity index is 3.68. The van der Waals surface area contributed by atoms with E-state index in [-0.39, 0.29) is 12.5 Å². The van der Waals surface area contributed by atoms with Gasteiger partial charge in [-0.15, -0.1) is 0 Å². The number of nitrogens with two attached hydrogens (primary N) is 1. The van der Waals surface area contributed by atoms with Crippen LogP contribution in [-0.2, 0) is 10.0 Å². The van der Waals surface area contributed by atoms with Crippen LogP contribution in [0.15, 0.2) is 17.1 Å². The molecular formula is C8H18N4O2S. The summed E-state index contributed by atoms with van der Waals surface area (Å²) >= 11 is 0. The highest BCUT2D eigenvalue weighted by atomic mass is 32.2. The maximum Gasteiger partial charge on any atom is 0.208 e. The van der Waals surface area contributed by atoms with E-state index in [0.717, 1.165) is 11.8 Å². The van der Waals surface area contributed by atoms with Crippen LogP contribution < -0.4 is 15.8 Å². The van der Waals surface area contributed by atoms with Crippen molar-refractivity contribution in [3.63, 3.8) is 0 Å². The van der Waals surface area contributed by atoms with E-state index in [1.54, 1.807) is 0 Å². The first-order valence-corrected chi connectivity index (χ1v) is 6.33. The molecule has 0 rings (SSSR count). The SMILES string of the molecule is C=C(C)CN=C(N)NCCNS(C)(=O)=O. The van der Waals surface area contributed by atoms with Crippen molar-refractivity contribution < 1.29 is 8.42 Å². The summed E-state index contributed by atoms with van der Waals surface area (Å²) in [5, 5.41) is 2.77. The van der Waals surface area contributed by atoms with Gasteiger partial charge in [-0.2, -0.15) is 0 Å². The Morgan fingerprint density at radius 3 is 2.53 bits per heavy atom. The lowest BCUT2D eigenvalue weighted by atomic mass is 10.4. The summed E-state index contributed by atoms with van der Waals surface area (Å²) in [4.78, 5) is 3.96. The molecular weight excluding hydrogens is 216 g/mol. The predicted molar refractivity (Wildman–Crippen MR) is 62.2 cm³/mol. The Hall–Kier alpha value is -1.08. The molecule has 6 nitrogen and oxygen atoms in total. The summed E-state index contributed by atoms with van der Waals surface area (Å²) in [6.45, 7) is 6.67.